The second-order valence-corrected chi connectivity index (χ2v) is 3.78. The molecule has 0 heterocycles. The topological polar surface area (TPSA) is 66.6 Å². The van der Waals surface area contributed by atoms with Crippen LogP contribution in [0.4, 0.5) is 0 Å². The van der Waals surface area contributed by atoms with Crippen molar-refractivity contribution in [2.45, 2.75) is 12.5 Å². The lowest BCUT2D eigenvalue weighted by Crippen LogP contribution is -2.44. The third-order valence-corrected chi connectivity index (χ3v) is 2.43. The number of carbonyl (C=O) groups excluding carboxylic acids is 1. The lowest BCUT2D eigenvalue weighted by molar-refractivity contribution is -0.131. The van der Waals surface area contributed by atoms with E-state index < -0.39 is 6.04 Å². The Labute approximate surface area is 108 Å². The third kappa shape index (κ3) is 5.17. The quantitative estimate of drug-likeness (QED) is 0.805. The monoisotopic (exact) mass is 258 g/mol. The van der Waals surface area contributed by atoms with Gasteiger partial charge in [-0.2, -0.15) is 0 Å². The average Bonchev–Trinajstić information content (AvgIpc) is 2.29. The molecule has 1 aromatic carbocycles. The Morgan fingerprint density at radius 3 is 2.53 bits per heavy atom. The number of benzene rings is 1. The highest BCUT2D eigenvalue weighted by molar-refractivity contribution is 5.85. The van der Waals surface area contributed by atoms with E-state index in [1.54, 1.807) is 7.05 Å². The van der Waals surface area contributed by atoms with Crippen molar-refractivity contribution in [3.63, 3.8) is 0 Å². The Morgan fingerprint density at radius 2 is 2.00 bits per heavy atom. The highest BCUT2D eigenvalue weighted by Crippen LogP contribution is 2.03. The number of aliphatic hydroxyl groups excluding tert-OH is 1. The van der Waals surface area contributed by atoms with E-state index in [0.717, 1.165) is 5.56 Å². The van der Waals surface area contributed by atoms with Gasteiger partial charge in [0, 0.05) is 13.6 Å². The van der Waals surface area contributed by atoms with Crippen LogP contribution in [0, 0.1) is 0 Å². The van der Waals surface area contributed by atoms with Gasteiger partial charge in [-0.1, -0.05) is 30.3 Å². The summed E-state index contributed by atoms with van der Waals surface area (Å²) in [6.07, 6.45) is 0.523. The van der Waals surface area contributed by atoms with Gasteiger partial charge in [0.2, 0.25) is 5.91 Å². The van der Waals surface area contributed by atoms with Crippen LogP contribution in [-0.2, 0) is 11.2 Å². The van der Waals surface area contributed by atoms with Crippen LogP contribution < -0.4 is 5.73 Å². The zero-order valence-electron chi connectivity index (χ0n) is 9.87. The van der Waals surface area contributed by atoms with Crippen molar-refractivity contribution < 1.29 is 9.90 Å². The SMILES string of the molecule is CN(CCO)C(=O)C(N)Cc1ccccc1.Cl. The van der Waals surface area contributed by atoms with Gasteiger partial charge in [-0.15, -0.1) is 12.4 Å². The van der Waals surface area contributed by atoms with E-state index in [-0.39, 0.29) is 24.9 Å². The summed E-state index contributed by atoms with van der Waals surface area (Å²) < 4.78 is 0. The fourth-order valence-corrected chi connectivity index (χ4v) is 1.50. The van der Waals surface area contributed by atoms with Gasteiger partial charge >= 0.3 is 0 Å². The molecule has 5 heteroatoms. The molecule has 1 rings (SSSR count). The number of hydrogen-bond acceptors (Lipinski definition) is 3. The normalized spacial score (nSPS) is 11.5. The molecule has 3 N–H and O–H groups in total. The van der Waals surface area contributed by atoms with Gasteiger partial charge in [0.15, 0.2) is 0 Å². The summed E-state index contributed by atoms with van der Waals surface area (Å²) in [7, 11) is 1.64. The van der Waals surface area contributed by atoms with Crippen molar-refractivity contribution in [3.05, 3.63) is 35.9 Å². The first-order valence-corrected chi connectivity index (χ1v) is 5.30. The first-order valence-electron chi connectivity index (χ1n) is 5.30. The van der Waals surface area contributed by atoms with E-state index >= 15 is 0 Å². The molecule has 4 nitrogen and oxygen atoms in total. The van der Waals surface area contributed by atoms with Gasteiger partial charge in [0.05, 0.1) is 12.6 Å². The fraction of sp³-hybridized carbons (Fsp3) is 0.417. The molecule has 17 heavy (non-hydrogen) atoms. The van der Waals surface area contributed by atoms with E-state index in [2.05, 4.69) is 0 Å². The van der Waals surface area contributed by atoms with Crippen molar-refractivity contribution in [3.8, 4) is 0 Å². The molecule has 0 aromatic heterocycles. The van der Waals surface area contributed by atoms with Gasteiger partial charge in [0.25, 0.3) is 0 Å². The van der Waals surface area contributed by atoms with Crippen molar-refractivity contribution in [2.24, 2.45) is 5.73 Å². The van der Waals surface area contributed by atoms with Crippen LogP contribution in [0.5, 0.6) is 0 Å². The first kappa shape index (κ1) is 15.9. The second-order valence-electron chi connectivity index (χ2n) is 3.78. The van der Waals surface area contributed by atoms with Gasteiger partial charge in [-0.3, -0.25) is 4.79 Å². The molecule has 1 atom stereocenters. The molecule has 96 valence electrons. The summed E-state index contributed by atoms with van der Waals surface area (Å²) in [6.45, 7) is 0.279. The summed E-state index contributed by atoms with van der Waals surface area (Å²) >= 11 is 0. The third-order valence-electron chi connectivity index (χ3n) is 2.43. The summed E-state index contributed by atoms with van der Waals surface area (Å²) in [6, 6.07) is 9.11. The Bertz CT molecular complexity index is 333. The number of rotatable bonds is 5. The lowest BCUT2D eigenvalue weighted by Gasteiger charge is -2.20. The van der Waals surface area contributed by atoms with Gasteiger partial charge in [0.1, 0.15) is 0 Å². The Hall–Kier alpha value is -1.10. The van der Waals surface area contributed by atoms with Crippen LogP contribution in [0.2, 0.25) is 0 Å². The van der Waals surface area contributed by atoms with Crippen LogP contribution in [0.15, 0.2) is 30.3 Å². The Balaban J connectivity index is 0.00000256. The highest BCUT2D eigenvalue weighted by atomic mass is 35.5. The van der Waals surface area contributed by atoms with E-state index in [1.807, 2.05) is 30.3 Å². The smallest absolute Gasteiger partial charge is 0.239 e. The van der Waals surface area contributed by atoms with E-state index in [9.17, 15) is 4.79 Å². The molecule has 1 unspecified atom stereocenters. The molecule has 1 amide bonds. The molecule has 0 saturated carbocycles. The number of nitrogens with two attached hydrogens (primary N) is 1. The molecule has 0 fully saturated rings. The molecule has 0 aliphatic carbocycles. The standard InChI is InChI=1S/C12H18N2O2.ClH/c1-14(7-8-15)12(16)11(13)9-10-5-3-2-4-6-10;/h2-6,11,15H,7-9,13H2,1H3;1H. The maximum Gasteiger partial charge on any atom is 0.239 e. The molecule has 1 aromatic rings. The minimum Gasteiger partial charge on any atom is -0.395 e. The Kier molecular flexibility index (Phi) is 7.54. The van der Waals surface area contributed by atoms with Crippen LogP contribution in [0.25, 0.3) is 0 Å². The van der Waals surface area contributed by atoms with Gasteiger partial charge in [-0.05, 0) is 12.0 Å². The molecule has 0 aliphatic heterocycles. The maximum atomic E-state index is 11.7. The van der Waals surface area contributed by atoms with Crippen LogP contribution >= 0.6 is 12.4 Å². The number of nitrogens with zero attached hydrogens (tertiary/aromatic N) is 1. The van der Waals surface area contributed by atoms with Crippen LogP contribution in [-0.4, -0.2) is 42.2 Å². The number of halogens is 1. The Morgan fingerprint density at radius 1 is 1.41 bits per heavy atom. The first-order chi connectivity index (χ1) is 7.65. The van der Waals surface area contributed by atoms with E-state index in [1.165, 1.54) is 4.90 Å². The molecule has 0 spiro atoms. The van der Waals surface area contributed by atoms with Crippen LogP contribution in [0.3, 0.4) is 0 Å². The number of carbonyl (C=O) groups is 1. The molecule has 0 saturated heterocycles. The molecule has 0 radical (unpaired) electrons. The van der Waals surface area contributed by atoms with Crippen molar-refractivity contribution in [2.75, 3.05) is 20.2 Å². The fourth-order valence-electron chi connectivity index (χ4n) is 1.50. The average molecular weight is 259 g/mol. The zero-order valence-corrected chi connectivity index (χ0v) is 10.7. The van der Waals surface area contributed by atoms with Crippen molar-refractivity contribution >= 4 is 18.3 Å². The van der Waals surface area contributed by atoms with Crippen LogP contribution in [0.1, 0.15) is 5.56 Å². The van der Waals surface area contributed by atoms with E-state index in [4.69, 9.17) is 10.8 Å². The highest BCUT2D eigenvalue weighted by Gasteiger charge is 2.17. The molecule has 0 bridgehead atoms. The predicted octanol–water partition coefficient (Wildman–Crippen LogP) is 0.429. The summed E-state index contributed by atoms with van der Waals surface area (Å²) in [5, 5.41) is 8.72. The largest absolute Gasteiger partial charge is 0.395 e. The number of amides is 1. The van der Waals surface area contributed by atoms with Crippen molar-refractivity contribution in [1.82, 2.24) is 4.90 Å². The van der Waals surface area contributed by atoms with Gasteiger partial charge in [-0.25, -0.2) is 0 Å². The second kappa shape index (κ2) is 8.06. The van der Waals surface area contributed by atoms with E-state index in [0.29, 0.717) is 13.0 Å². The summed E-state index contributed by atoms with van der Waals surface area (Å²) in [5.74, 6) is -0.141. The minimum atomic E-state index is -0.543. The summed E-state index contributed by atoms with van der Waals surface area (Å²) in [5.41, 5.74) is 6.85. The summed E-state index contributed by atoms with van der Waals surface area (Å²) in [4.78, 5) is 13.2. The molecular formula is C12H19ClN2O2. The number of hydrogen-bond donors (Lipinski definition) is 2. The minimum absolute atomic E-state index is 0. The zero-order chi connectivity index (χ0) is 12.0. The predicted molar refractivity (Wildman–Crippen MR) is 70.1 cm³/mol. The number of likely N-dealkylation sites (N-methyl/N-ethyl adjacent to an activating group) is 1. The maximum absolute atomic E-state index is 11.7. The molecular weight excluding hydrogens is 240 g/mol. The lowest BCUT2D eigenvalue weighted by atomic mass is 10.1. The number of aliphatic hydroxyl groups is 1. The van der Waals surface area contributed by atoms with Crippen molar-refractivity contribution in [1.29, 1.82) is 0 Å². The van der Waals surface area contributed by atoms with Gasteiger partial charge < -0.3 is 15.7 Å². The molecule has 0 aliphatic rings.